The average Bonchev–Trinajstić information content (AvgIpc) is 2.69. The minimum atomic E-state index is 0.625. The molecule has 0 radical (unpaired) electrons. The van der Waals surface area contributed by atoms with Gasteiger partial charge in [0.15, 0.2) is 5.82 Å². The van der Waals surface area contributed by atoms with Crippen LogP contribution in [0.25, 0.3) is 11.5 Å². The van der Waals surface area contributed by atoms with Crippen molar-refractivity contribution in [3.8, 4) is 11.5 Å². The van der Waals surface area contributed by atoms with Crippen LogP contribution in [-0.2, 0) is 7.05 Å². The van der Waals surface area contributed by atoms with Gasteiger partial charge in [-0.1, -0.05) is 0 Å². The lowest BCUT2D eigenvalue weighted by Gasteiger charge is -2.05. The van der Waals surface area contributed by atoms with Gasteiger partial charge in [0.1, 0.15) is 11.5 Å². The van der Waals surface area contributed by atoms with E-state index in [-0.39, 0.29) is 0 Å². The lowest BCUT2D eigenvalue weighted by Crippen LogP contribution is -2.02. The third-order valence-corrected chi connectivity index (χ3v) is 2.61. The van der Waals surface area contributed by atoms with Crippen molar-refractivity contribution in [1.29, 1.82) is 0 Å². The van der Waals surface area contributed by atoms with Gasteiger partial charge in [0.2, 0.25) is 0 Å². The molecule has 2 aromatic heterocycles. The highest BCUT2D eigenvalue weighted by molar-refractivity contribution is 9.10. The lowest BCUT2D eigenvalue weighted by molar-refractivity contribution is 0.768. The van der Waals surface area contributed by atoms with Gasteiger partial charge in [-0.2, -0.15) is 5.10 Å². The Bertz CT molecular complexity index is 494. The smallest absolute Gasteiger partial charge is 0.182 e. The minimum Gasteiger partial charge on any atom is -0.369 e. The molecule has 0 aliphatic carbocycles. The molecule has 5 nitrogen and oxygen atoms in total. The van der Waals surface area contributed by atoms with E-state index < -0.39 is 0 Å². The molecule has 0 fully saturated rings. The molecule has 0 spiro atoms. The summed E-state index contributed by atoms with van der Waals surface area (Å²) >= 11 is 3.40. The molecule has 0 saturated carbocycles. The molecule has 84 valence electrons. The van der Waals surface area contributed by atoms with Crippen LogP contribution in [0.15, 0.2) is 22.9 Å². The summed E-state index contributed by atoms with van der Waals surface area (Å²) in [6, 6.07) is 1.89. The average molecular weight is 282 g/mol. The summed E-state index contributed by atoms with van der Waals surface area (Å²) in [7, 11) is 1.87. The van der Waals surface area contributed by atoms with Crippen molar-refractivity contribution >= 4 is 21.7 Å². The van der Waals surface area contributed by atoms with Crippen LogP contribution < -0.4 is 5.32 Å². The number of halogens is 1. The lowest BCUT2D eigenvalue weighted by atomic mass is 10.4. The van der Waals surface area contributed by atoms with E-state index in [4.69, 9.17) is 0 Å². The Kier molecular flexibility index (Phi) is 3.19. The molecule has 0 saturated heterocycles. The number of anilines is 1. The highest BCUT2D eigenvalue weighted by Crippen LogP contribution is 2.21. The van der Waals surface area contributed by atoms with Crippen LogP contribution in [0.5, 0.6) is 0 Å². The Morgan fingerprint density at radius 1 is 1.50 bits per heavy atom. The second-order valence-electron chi connectivity index (χ2n) is 3.30. The first-order valence-electron chi connectivity index (χ1n) is 4.97. The van der Waals surface area contributed by atoms with E-state index in [0.29, 0.717) is 5.82 Å². The number of hydrogen-bond donors (Lipinski definition) is 1. The van der Waals surface area contributed by atoms with E-state index in [1.807, 2.05) is 26.2 Å². The zero-order chi connectivity index (χ0) is 11.5. The normalized spacial score (nSPS) is 10.4. The molecule has 0 atom stereocenters. The maximum absolute atomic E-state index is 4.40. The van der Waals surface area contributed by atoms with Gasteiger partial charge in [0.25, 0.3) is 0 Å². The number of nitrogens with one attached hydrogen (secondary N) is 1. The summed E-state index contributed by atoms with van der Waals surface area (Å²) < 4.78 is 2.59. The molecule has 0 aliphatic rings. The summed E-state index contributed by atoms with van der Waals surface area (Å²) in [5, 5.41) is 7.42. The van der Waals surface area contributed by atoms with Crippen molar-refractivity contribution in [2.75, 3.05) is 11.9 Å². The van der Waals surface area contributed by atoms with Crippen molar-refractivity contribution in [1.82, 2.24) is 19.7 Å². The topological polar surface area (TPSA) is 55.6 Å². The summed E-state index contributed by atoms with van der Waals surface area (Å²) in [6.07, 6.45) is 3.60. The van der Waals surface area contributed by atoms with Gasteiger partial charge in [-0.3, -0.25) is 4.68 Å². The van der Waals surface area contributed by atoms with Crippen LogP contribution in [0.2, 0.25) is 0 Å². The summed E-state index contributed by atoms with van der Waals surface area (Å²) in [4.78, 5) is 8.63. The second-order valence-corrected chi connectivity index (χ2v) is 4.15. The Morgan fingerprint density at radius 2 is 2.31 bits per heavy atom. The van der Waals surface area contributed by atoms with Crippen LogP contribution in [0, 0.1) is 0 Å². The van der Waals surface area contributed by atoms with Gasteiger partial charge in [0.05, 0.1) is 4.47 Å². The first kappa shape index (κ1) is 11.1. The maximum Gasteiger partial charge on any atom is 0.182 e. The van der Waals surface area contributed by atoms with Crippen molar-refractivity contribution < 1.29 is 0 Å². The largest absolute Gasteiger partial charge is 0.369 e. The maximum atomic E-state index is 4.40. The van der Waals surface area contributed by atoms with Crippen LogP contribution in [0.1, 0.15) is 6.92 Å². The van der Waals surface area contributed by atoms with Crippen LogP contribution in [0.3, 0.4) is 0 Å². The molecule has 0 aliphatic heterocycles. The molecule has 0 bridgehead atoms. The van der Waals surface area contributed by atoms with Gasteiger partial charge >= 0.3 is 0 Å². The Labute approximate surface area is 102 Å². The number of hydrogen-bond acceptors (Lipinski definition) is 4. The van der Waals surface area contributed by atoms with Crippen LogP contribution >= 0.6 is 15.9 Å². The van der Waals surface area contributed by atoms with E-state index in [9.17, 15) is 0 Å². The quantitative estimate of drug-likeness (QED) is 0.936. The number of rotatable bonds is 3. The summed E-state index contributed by atoms with van der Waals surface area (Å²) in [5.41, 5.74) is 0.772. The Balaban J connectivity index is 2.39. The van der Waals surface area contributed by atoms with Crippen molar-refractivity contribution in [2.24, 2.45) is 7.05 Å². The number of nitrogens with zero attached hydrogens (tertiary/aromatic N) is 4. The highest BCUT2D eigenvalue weighted by Gasteiger charge is 2.08. The molecule has 2 aromatic rings. The molecule has 2 heterocycles. The highest BCUT2D eigenvalue weighted by atomic mass is 79.9. The van der Waals surface area contributed by atoms with Crippen LogP contribution in [-0.4, -0.2) is 26.3 Å². The van der Waals surface area contributed by atoms with E-state index in [2.05, 4.69) is 36.3 Å². The number of aromatic nitrogens is 4. The molecule has 0 aromatic carbocycles. The number of aryl methyl sites for hydroxylation is 1. The zero-order valence-corrected chi connectivity index (χ0v) is 10.7. The van der Waals surface area contributed by atoms with Gasteiger partial charge in [-0.25, -0.2) is 9.97 Å². The van der Waals surface area contributed by atoms with E-state index in [0.717, 1.165) is 22.5 Å². The van der Waals surface area contributed by atoms with Crippen molar-refractivity contribution in [3.05, 3.63) is 22.9 Å². The Morgan fingerprint density at radius 3 is 2.94 bits per heavy atom. The van der Waals surface area contributed by atoms with E-state index in [1.54, 1.807) is 10.9 Å². The SMILES string of the molecule is CCNc1nc(-c2ccn(C)n2)ncc1Br. The van der Waals surface area contributed by atoms with Crippen molar-refractivity contribution in [2.45, 2.75) is 6.92 Å². The van der Waals surface area contributed by atoms with E-state index >= 15 is 0 Å². The van der Waals surface area contributed by atoms with E-state index in [1.165, 1.54) is 0 Å². The van der Waals surface area contributed by atoms with Gasteiger partial charge in [-0.05, 0) is 28.9 Å². The Hall–Kier alpha value is -1.43. The standard InChI is InChI=1S/C10H12BrN5/c1-3-12-9-7(11)6-13-10(14-9)8-4-5-16(2)15-8/h4-6H,3H2,1-2H3,(H,12,13,14). The second kappa shape index (κ2) is 4.61. The molecular weight excluding hydrogens is 270 g/mol. The third-order valence-electron chi connectivity index (χ3n) is 2.03. The van der Waals surface area contributed by atoms with Gasteiger partial charge < -0.3 is 5.32 Å². The monoisotopic (exact) mass is 281 g/mol. The fourth-order valence-corrected chi connectivity index (χ4v) is 1.65. The fraction of sp³-hybridized carbons (Fsp3) is 0.300. The molecule has 0 amide bonds. The first-order chi connectivity index (χ1) is 7.70. The fourth-order valence-electron chi connectivity index (χ4n) is 1.32. The zero-order valence-electron chi connectivity index (χ0n) is 9.11. The molecule has 16 heavy (non-hydrogen) atoms. The van der Waals surface area contributed by atoms with Gasteiger partial charge in [-0.15, -0.1) is 0 Å². The predicted molar refractivity (Wildman–Crippen MR) is 66.1 cm³/mol. The minimum absolute atomic E-state index is 0.625. The summed E-state index contributed by atoms with van der Waals surface area (Å²) in [6.45, 7) is 2.84. The molecule has 0 unspecified atom stereocenters. The molecule has 2 rings (SSSR count). The van der Waals surface area contributed by atoms with Crippen molar-refractivity contribution in [3.63, 3.8) is 0 Å². The first-order valence-corrected chi connectivity index (χ1v) is 5.76. The third kappa shape index (κ3) is 2.21. The molecule has 1 N–H and O–H groups in total. The summed E-state index contributed by atoms with van der Waals surface area (Å²) in [5.74, 6) is 1.41. The van der Waals surface area contributed by atoms with Gasteiger partial charge in [0, 0.05) is 26.0 Å². The molecular formula is C10H12BrN5. The predicted octanol–water partition coefficient (Wildman–Crippen LogP) is 2.07. The molecule has 6 heteroatoms. The van der Waals surface area contributed by atoms with Crippen LogP contribution in [0.4, 0.5) is 5.82 Å².